The molecule has 7 nitrogen and oxygen atoms in total. The van der Waals surface area contributed by atoms with Gasteiger partial charge in [0, 0.05) is 12.1 Å². The average Bonchev–Trinajstić information content (AvgIpc) is 2.73. The summed E-state index contributed by atoms with van der Waals surface area (Å²) in [6.07, 6.45) is 1.04. The lowest BCUT2D eigenvalue weighted by Crippen LogP contribution is -2.18. The SMILES string of the molecule is Cn1ncc(C(=O)O)c1NS(=O)(=O)c1cc(Cl)ccc1Cl. The van der Waals surface area contributed by atoms with Gasteiger partial charge in [-0.2, -0.15) is 5.10 Å². The van der Waals surface area contributed by atoms with E-state index in [9.17, 15) is 13.2 Å². The third-order valence-electron chi connectivity index (χ3n) is 2.58. The number of aryl methyl sites for hydroxylation is 1. The first-order valence-corrected chi connectivity index (χ1v) is 7.69. The summed E-state index contributed by atoms with van der Waals surface area (Å²) in [5, 5.41) is 12.9. The van der Waals surface area contributed by atoms with Gasteiger partial charge in [0.05, 0.1) is 11.2 Å². The van der Waals surface area contributed by atoms with Gasteiger partial charge in [-0.25, -0.2) is 13.2 Å². The van der Waals surface area contributed by atoms with Gasteiger partial charge >= 0.3 is 5.97 Å². The first-order valence-electron chi connectivity index (χ1n) is 5.45. The molecule has 1 aromatic heterocycles. The van der Waals surface area contributed by atoms with E-state index in [1.54, 1.807) is 0 Å². The standard InChI is InChI=1S/C11H9Cl2N3O4S/c1-16-10(7(5-14-16)11(17)18)15-21(19,20)9-4-6(12)2-3-8(9)13/h2-5,15H,1H3,(H,17,18). The van der Waals surface area contributed by atoms with Crippen molar-refractivity contribution >= 4 is 45.0 Å². The van der Waals surface area contributed by atoms with Gasteiger partial charge in [-0.15, -0.1) is 0 Å². The van der Waals surface area contributed by atoms with Gasteiger partial charge in [0.2, 0.25) is 0 Å². The number of rotatable bonds is 4. The molecule has 0 saturated heterocycles. The minimum absolute atomic E-state index is 0.0362. The Morgan fingerprint density at radius 1 is 1.38 bits per heavy atom. The van der Waals surface area contributed by atoms with Crippen molar-refractivity contribution in [2.75, 3.05) is 4.72 Å². The molecule has 1 heterocycles. The number of sulfonamides is 1. The molecule has 2 rings (SSSR count). The summed E-state index contributed by atoms with van der Waals surface area (Å²) in [6.45, 7) is 0. The number of nitrogens with zero attached hydrogens (tertiary/aromatic N) is 2. The maximum atomic E-state index is 12.3. The van der Waals surface area contributed by atoms with E-state index in [-0.39, 0.29) is 26.3 Å². The number of aromatic nitrogens is 2. The summed E-state index contributed by atoms with van der Waals surface area (Å²) in [4.78, 5) is 10.8. The fourth-order valence-corrected chi connectivity index (χ4v) is 3.45. The van der Waals surface area contributed by atoms with E-state index in [2.05, 4.69) is 9.82 Å². The zero-order valence-corrected chi connectivity index (χ0v) is 12.9. The number of carboxylic acids is 1. The van der Waals surface area contributed by atoms with Crippen LogP contribution in [0.15, 0.2) is 29.3 Å². The summed E-state index contributed by atoms with van der Waals surface area (Å²) in [6, 6.07) is 3.94. The number of hydrogen-bond acceptors (Lipinski definition) is 4. The number of carboxylic acid groups (broad SMARTS) is 1. The smallest absolute Gasteiger partial charge is 0.341 e. The predicted molar refractivity (Wildman–Crippen MR) is 77.4 cm³/mol. The molecule has 112 valence electrons. The number of halogens is 2. The molecule has 2 N–H and O–H groups in total. The fourth-order valence-electron chi connectivity index (χ4n) is 1.58. The second-order valence-electron chi connectivity index (χ2n) is 4.02. The Labute approximate surface area is 130 Å². The Balaban J connectivity index is 2.50. The molecule has 0 aliphatic rings. The molecular formula is C11H9Cl2N3O4S. The highest BCUT2D eigenvalue weighted by molar-refractivity contribution is 7.92. The van der Waals surface area contributed by atoms with E-state index in [1.165, 1.54) is 25.2 Å². The van der Waals surface area contributed by atoms with Crippen LogP contribution < -0.4 is 4.72 Å². The van der Waals surface area contributed by atoms with Crippen LogP contribution >= 0.6 is 23.2 Å². The minimum Gasteiger partial charge on any atom is -0.477 e. The van der Waals surface area contributed by atoms with Crippen LogP contribution in [0.5, 0.6) is 0 Å². The molecule has 0 radical (unpaired) electrons. The number of benzene rings is 1. The molecule has 0 atom stereocenters. The van der Waals surface area contributed by atoms with Gasteiger partial charge in [-0.1, -0.05) is 23.2 Å². The van der Waals surface area contributed by atoms with Gasteiger partial charge < -0.3 is 5.11 Å². The van der Waals surface area contributed by atoms with Crippen LogP contribution in [-0.4, -0.2) is 29.3 Å². The largest absolute Gasteiger partial charge is 0.477 e. The van der Waals surface area contributed by atoms with E-state index in [4.69, 9.17) is 28.3 Å². The summed E-state index contributed by atoms with van der Waals surface area (Å²) in [7, 11) is -2.70. The highest BCUT2D eigenvalue weighted by atomic mass is 35.5. The molecule has 0 fully saturated rings. The Bertz CT molecular complexity index is 817. The molecule has 0 bridgehead atoms. The summed E-state index contributed by atoms with van der Waals surface area (Å²) in [5.74, 6) is -1.49. The van der Waals surface area contributed by atoms with E-state index in [0.717, 1.165) is 10.9 Å². The molecule has 0 amide bonds. The first kappa shape index (κ1) is 15.6. The molecule has 0 aliphatic carbocycles. The highest BCUT2D eigenvalue weighted by Gasteiger charge is 2.24. The fraction of sp³-hybridized carbons (Fsp3) is 0.0909. The van der Waals surface area contributed by atoms with Crippen molar-refractivity contribution in [1.29, 1.82) is 0 Å². The Morgan fingerprint density at radius 2 is 2.05 bits per heavy atom. The topological polar surface area (TPSA) is 101 Å². The normalized spacial score (nSPS) is 11.4. The van der Waals surface area contributed by atoms with Crippen LogP contribution in [0.25, 0.3) is 0 Å². The number of nitrogens with one attached hydrogen (secondary N) is 1. The van der Waals surface area contributed by atoms with Crippen molar-refractivity contribution in [2.24, 2.45) is 7.05 Å². The molecule has 0 unspecified atom stereocenters. The van der Waals surface area contributed by atoms with Crippen LogP contribution in [-0.2, 0) is 17.1 Å². The number of carbonyl (C=O) groups is 1. The zero-order valence-electron chi connectivity index (χ0n) is 10.5. The van der Waals surface area contributed by atoms with E-state index in [1.807, 2.05) is 0 Å². The highest BCUT2D eigenvalue weighted by Crippen LogP contribution is 2.27. The maximum Gasteiger partial charge on any atom is 0.341 e. The molecule has 0 saturated carbocycles. The molecule has 1 aromatic carbocycles. The van der Waals surface area contributed by atoms with Crippen LogP contribution in [0.3, 0.4) is 0 Å². The van der Waals surface area contributed by atoms with Crippen molar-refractivity contribution in [2.45, 2.75) is 4.90 Å². The summed E-state index contributed by atoms with van der Waals surface area (Å²) < 4.78 is 27.9. The van der Waals surface area contributed by atoms with Crippen LogP contribution in [0, 0.1) is 0 Å². The molecule has 2 aromatic rings. The molecule has 21 heavy (non-hydrogen) atoms. The van der Waals surface area contributed by atoms with Gasteiger partial charge in [-0.3, -0.25) is 9.40 Å². The van der Waals surface area contributed by atoms with Gasteiger partial charge in [0.25, 0.3) is 10.0 Å². The Hall–Kier alpha value is -1.77. The van der Waals surface area contributed by atoms with E-state index < -0.39 is 16.0 Å². The van der Waals surface area contributed by atoms with E-state index >= 15 is 0 Å². The Kier molecular flexibility index (Phi) is 4.13. The maximum absolute atomic E-state index is 12.3. The lowest BCUT2D eigenvalue weighted by molar-refractivity contribution is 0.0698. The van der Waals surface area contributed by atoms with Crippen molar-refractivity contribution in [1.82, 2.24) is 9.78 Å². The van der Waals surface area contributed by atoms with Crippen LogP contribution in [0.4, 0.5) is 5.82 Å². The zero-order chi connectivity index (χ0) is 15.8. The third-order valence-corrected chi connectivity index (χ3v) is 4.64. The van der Waals surface area contributed by atoms with Gasteiger partial charge in [0.15, 0.2) is 5.82 Å². The molecule has 0 spiro atoms. The van der Waals surface area contributed by atoms with Crippen molar-refractivity contribution in [3.05, 3.63) is 40.0 Å². The van der Waals surface area contributed by atoms with Crippen molar-refractivity contribution < 1.29 is 18.3 Å². The van der Waals surface area contributed by atoms with E-state index in [0.29, 0.717) is 0 Å². The number of hydrogen-bond donors (Lipinski definition) is 2. The summed E-state index contributed by atoms with van der Waals surface area (Å²) in [5.41, 5.74) is -0.278. The van der Waals surface area contributed by atoms with Gasteiger partial charge in [0.1, 0.15) is 10.5 Å². The first-order chi connectivity index (χ1) is 9.72. The minimum atomic E-state index is -4.11. The second-order valence-corrected chi connectivity index (χ2v) is 6.51. The predicted octanol–water partition coefficient (Wildman–Crippen LogP) is 2.23. The molecule has 0 aliphatic heterocycles. The van der Waals surface area contributed by atoms with Crippen LogP contribution in [0.1, 0.15) is 10.4 Å². The van der Waals surface area contributed by atoms with Gasteiger partial charge in [-0.05, 0) is 18.2 Å². The third kappa shape index (κ3) is 3.12. The Morgan fingerprint density at radius 3 is 2.67 bits per heavy atom. The lowest BCUT2D eigenvalue weighted by atomic mass is 10.3. The summed E-state index contributed by atoms with van der Waals surface area (Å²) >= 11 is 11.6. The monoisotopic (exact) mass is 349 g/mol. The van der Waals surface area contributed by atoms with Crippen molar-refractivity contribution in [3.63, 3.8) is 0 Å². The average molecular weight is 350 g/mol. The van der Waals surface area contributed by atoms with Crippen LogP contribution in [0.2, 0.25) is 10.0 Å². The number of aromatic carboxylic acids is 1. The lowest BCUT2D eigenvalue weighted by Gasteiger charge is -2.10. The molecule has 10 heteroatoms. The number of anilines is 1. The second kappa shape index (κ2) is 5.55. The quantitative estimate of drug-likeness (QED) is 0.881. The molecular weight excluding hydrogens is 341 g/mol. The van der Waals surface area contributed by atoms with Crippen molar-refractivity contribution in [3.8, 4) is 0 Å².